The van der Waals surface area contributed by atoms with Crippen molar-refractivity contribution in [2.75, 3.05) is 58.3 Å². The van der Waals surface area contributed by atoms with Crippen molar-refractivity contribution in [2.24, 2.45) is 4.99 Å². The van der Waals surface area contributed by atoms with Crippen LogP contribution in [0.25, 0.3) is 0 Å². The molecule has 0 aromatic heterocycles. The molecular weight excluding hydrogens is 374 g/mol. The van der Waals surface area contributed by atoms with Crippen LogP contribution < -0.4 is 10.6 Å². The first kappa shape index (κ1) is 22.1. The lowest BCUT2D eigenvalue weighted by Crippen LogP contribution is -2.52. The summed E-state index contributed by atoms with van der Waals surface area (Å²) in [5.41, 5.74) is 3.71. The van der Waals surface area contributed by atoms with E-state index in [1.807, 2.05) is 0 Å². The molecule has 6 nitrogen and oxygen atoms in total. The molecule has 6 heteroatoms. The minimum atomic E-state index is 0.685. The number of hydrogen-bond donors (Lipinski definition) is 2. The van der Waals surface area contributed by atoms with Crippen LogP contribution in [0.5, 0.6) is 0 Å². The van der Waals surface area contributed by atoms with E-state index >= 15 is 0 Å². The molecule has 0 radical (unpaired) electrons. The van der Waals surface area contributed by atoms with E-state index in [1.54, 1.807) is 7.11 Å². The molecule has 1 fully saturated rings. The number of benzene rings is 2. The van der Waals surface area contributed by atoms with Crippen molar-refractivity contribution in [3.8, 4) is 0 Å². The van der Waals surface area contributed by atoms with Crippen molar-refractivity contribution in [1.82, 2.24) is 15.1 Å². The molecule has 2 aromatic carbocycles. The molecule has 1 heterocycles. The highest BCUT2D eigenvalue weighted by Gasteiger charge is 2.19. The van der Waals surface area contributed by atoms with Crippen LogP contribution in [0.15, 0.2) is 59.6 Å². The van der Waals surface area contributed by atoms with Crippen molar-refractivity contribution in [1.29, 1.82) is 0 Å². The zero-order valence-corrected chi connectivity index (χ0v) is 18.3. The molecule has 162 valence electrons. The normalized spacial score (nSPS) is 15.3. The van der Waals surface area contributed by atoms with Crippen molar-refractivity contribution < 1.29 is 4.74 Å². The van der Waals surface area contributed by atoms with Gasteiger partial charge in [-0.25, -0.2) is 4.99 Å². The molecule has 30 heavy (non-hydrogen) atoms. The Bertz CT molecular complexity index is 755. The van der Waals surface area contributed by atoms with Gasteiger partial charge in [0.15, 0.2) is 5.96 Å². The van der Waals surface area contributed by atoms with Gasteiger partial charge >= 0.3 is 0 Å². The van der Waals surface area contributed by atoms with Crippen LogP contribution in [0.2, 0.25) is 0 Å². The van der Waals surface area contributed by atoms with Crippen LogP contribution >= 0.6 is 0 Å². The minimum Gasteiger partial charge on any atom is -0.383 e. The van der Waals surface area contributed by atoms with Gasteiger partial charge in [0.1, 0.15) is 0 Å². The summed E-state index contributed by atoms with van der Waals surface area (Å²) in [4.78, 5) is 9.79. The second kappa shape index (κ2) is 12.2. The second-order valence-electron chi connectivity index (χ2n) is 7.54. The molecule has 0 unspecified atom stereocenters. The summed E-state index contributed by atoms with van der Waals surface area (Å²) in [6.45, 7) is 10.3. The maximum atomic E-state index is 5.07. The van der Waals surface area contributed by atoms with Gasteiger partial charge in [-0.3, -0.25) is 4.90 Å². The maximum absolute atomic E-state index is 5.07. The summed E-state index contributed by atoms with van der Waals surface area (Å²) in [6, 6.07) is 19.2. The fraction of sp³-hybridized carbons (Fsp3) is 0.458. The van der Waals surface area contributed by atoms with E-state index in [0.29, 0.717) is 13.2 Å². The Balaban J connectivity index is 1.51. The molecule has 2 N–H and O–H groups in total. The summed E-state index contributed by atoms with van der Waals surface area (Å²) in [5.74, 6) is 1.01. The van der Waals surface area contributed by atoms with E-state index < -0.39 is 0 Å². The zero-order chi connectivity index (χ0) is 21.0. The van der Waals surface area contributed by atoms with Crippen LogP contribution in [-0.2, 0) is 17.8 Å². The van der Waals surface area contributed by atoms with Crippen LogP contribution in [0.4, 0.5) is 5.69 Å². The maximum Gasteiger partial charge on any atom is 0.194 e. The van der Waals surface area contributed by atoms with Gasteiger partial charge in [0.25, 0.3) is 0 Å². The molecule has 0 aliphatic carbocycles. The lowest BCUT2D eigenvalue weighted by molar-refractivity contribution is 0.172. The van der Waals surface area contributed by atoms with Crippen molar-refractivity contribution in [2.45, 2.75) is 20.0 Å². The number of aliphatic imine (C=N–C) groups is 1. The zero-order valence-electron chi connectivity index (χ0n) is 18.3. The lowest BCUT2D eigenvalue weighted by Gasteiger charge is -2.36. The van der Waals surface area contributed by atoms with Crippen molar-refractivity contribution in [3.63, 3.8) is 0 Å². The largest absolute Gasteiger partial charge is 0.383 e. The van der Waals surface area contributed by atoms with Gasteiger partial charge < -0.3 is 20.3 Å². The quantitative estimate of drug-likeness (QED) is 0.379. The highest BCUT2D eigenvalue weighted by Crippen LogP contribution is 2.12. The summed E-state index contributed by atoms with van der Waals surface area (Å²) in [6.07, 6.45) is 0. The Morgan fingerprint density at radius 2 is 1.70 bits per heavy atom. The number of guanidine groups is 1. The number of ether oxygens (including phenoxy) is 1. The summed E-state index contributed by atoms with van der Waals surface area (Å²) < 4.78 is 5.07. The Labute approximate surface area is 180 Å². The molecule has 0 spiro atoms. The number of hydrogen-bond acceptors (Lipinski definition) is 4. The van der Waals surface area contributed by atoms with Crippen LogP contribution in [-0.4, -0.2) is 68.7 Å². The molecule has 0 amide bonds. The molecule has 0 saturated carbocycles. The predicted octanol–water partition coefficient (Wildman–Crippen LogP) is 3.03. The van der Waals surface area contributed by atoms with E-state index in [0.717, 1.165) is 57.5 Å². The summed E-state index contributed by atoms with van der Waals surface area (Å²) >= 11 is 0. The summed E-state index contributed by atoms with van der Waals surface area (Å²) in [5, 5.41) is 6.81. The smallest absolute Gasteiger partial charge is 0.194 e. The molecule has 1 aliphatic heterocycles. The van der Waals surface area contributed by atoms with E-state index in [9.17, 15) is 0 Å². The third kappa shape index (κ3) is 7.04. The predicted molar refractivity (Wildman–Crippen MR) is 125 cm³/mol. The van der Waals surface area contributed by atoms with Gasteiger partial charge in [-0.05, 0) is 30.2 Å². The minimum absolute atomic E-state index is 0.685. The van der Waals surface area contributed by atoms with Gasteiger partial charge in [-0.2, -0.15) is 0 Å². The third-order valence-electron chi connectivity index (χ3n) is 5.26. The SMILES string of the molecule is CCNC(=NCc1ccc(NCCOC)cc1)N1CCN(Cc2ccccc2)CC1. The molecule has 1 saturated heterocycles. The second-order valence-corrected chi connectivity index (χ2v) is 7.54. The molecule has 2 aromatic rings. The molecule has 0 bridgehead atoms. The number of rotatable bonds is 9. The molecule has 0 atom stereocenters. The van der Waals surface area contributed by atoms with Gasteiger partial charge in [0.05, 0.1) is 13.2 Å². The Hall–Kier alpha value is -2.57. The average Bonchev–Trinajstić information content (AvgIpc) is 2.79. The third-order valence-corrected chi connectivity index (χ3v) is 5.26. The topological polar surface area (TPSA) is 52.1 Å². The van der Waals surface area contributed by atoms with Gasteiger partial charge in [0.2, 0.25) is 0 Å². The first-order valence-electron chi connectivity index (χ1n) is 10.9. The van der Waals surface area contributed by atoms with Crippen LogP contribution in [0, 0.1) is 0 Å². The molecular formula is C24H35N5O. The number of nitrogens with zero attached hydrogens (tertiary/aromatic N) is 3. The first-order chi connectivity index (χ1) is 14.8. The van der Waals surface area contributed by atoms with E-state index in [2.05, 4.69) is 82.0 Å². The number of nitrogens with one attached hydrogen (secondary N) is 2. The highest BCUT2D eigenvalue weighted by molar-refractivity contribution is 5.80. The van der Waals surface area contributed by atoms with E-state index in [1.165, 1.54) is 11.1 Å². The number of anilines is 1. The molecule has 3 rings (SSSR count). The fourth-order valence-corrected chi connectivity index (χ4v) is 3.58. The first-order valence-corrected chi connectivity index (χ1v) is 10.9. The van der Waals surface area contributed by atoms with Crippen molar-refractivity contribution >= 4 is 11.6 Å². The average molecular weight is 410 g/mol. The highest BCUT2D eigenvalue weighted by atomic mass is 16.5. The van der Waals surface area contributed by atoms with E-state index in [-0.39, 0.29) is 0 Å². The molecule has 1 aliphatic rings. The van der Waals surface area contributed by atoms with Gasteiger partial charge in [-0.15, -0.1) is 0 Å². The standard InChI is InChI=1S/C24H35N5O/c1-3-25-24(27-19-21-9-11-23(12-10-21)26-13-18-30-2)29-16-14-28(15-17-29)20-22-7-5-4-6-8-22/h4-12,26H,3,13-20H2,1-2H3,(H,25,27). The lowest BCUT2D eigenvalue weighted by atomic mass is 10.2. The number of methoxy groups -OCH3 is 1. The fourth-order valence-electron chi connectivity index (χ4n) is 3.58. The number of piperazine rings is 1. The van der Waals surface area contributed by atoms with Crippen molar-refractivity contribution in [3.05, 3.63) is 65.7 Å². The Morgan fingerprint density at radius 1 is 0.967 bits per heavy atom. The van der Waals surface area contributed by atoms with Crippen LogP contribution in [0.1, 0.15) is 18.1 Å². The summed E-state index contributed by atoms with van der Waals surface area (Å²) in [7, 11) is 1.72. The van der Waals surface area contributed by atoms with Crippen LogP contribution in [0.3, 0.4) is 0 Å². The van der Waals surface area contributed by atoms with Gasteiger partial charge in [0, 0.05) is 58.6 Å². The van der Waals surface area contributed by atoms with E-state index in [4.69, 9.17) is 9.73 Å². The van der Waals surface area contributed by atoms with Gasteiger partial charge in [-0.1, -0.05) is 42.5 Å². The Morgan fingerprint density at radius 3 is 2.37 bits per heavy atom. The Kier molecular flexibility index (Phi) is 9.00. The monoisotopic (exact) mass is 409 g/mol.